The maximum absolute atomic E-state index is 9.91. The number of benzene rings is 2. The third-order valence-corrected chi connectivity index (χ3v) is 2.72. The summed E-state index contributed by atoms with van der Waals surface area (Å²) in [6.07, 6.45) is -0.555. The van der Waals surface area contributed by atoms with E-state index in [-0.39, 0.29) is 0 Å². The largest absolute Gasteiger partial charge is 0.374 e. The smallest absolute Gasteiger partial charge is 0.128 e. The van der Waals surface area contributed by atoms with Crippen molar-refractivity contribution in [2.24, 2.45) is 0 Å². The Bertz CT molecular complexity index is 462. The summed E-state index contributed by atoms with van der Waals surface area (Å²) < 4.78 is 0. The number of aryl methyl sites for hydroxylation is 1. The second-order valence-corrected chi connectivity index (χ2v) is 4.17. The van der Waals surface area contributed by atoms with Gasteiger partial charge in [0, 0.05) is 11.4 Å². The molecule has 1 unspecified atom stereocenters. The monoisotopic (exact) mass is 227 g/mol. The summed E-state index contributed by atoms with van der Waals surface area (Å²) in [5.41, 5.74) is 3.20. The van der Waals surface area contributed by atoms with E-state index in [1.807, 2.05) is 59.5 Å². The Morgan fingerprint density at radius 3 is 1.94 bits per heavy atom. The number of para-hydroxylation sites is 1. The van der Waals surface area contributed by atoms with Crippen molar-refractivity contribution < 1.29 is 5.11 Å². The Morgan fingerprint density at radius 2 is 1.41 bits per heavy atom. The molecule has 17 heavy (non-hydrogen) atoms. The summed E-state index contributed by atoms with van der Waals surface area (Å²) in [4.78, 5) is 1.90. The van der Waals surface area contributed by atoms with Crippen molar-refractivity contribution in [2.45, 2.75) is 20.1 Å². The Morgan fingerprint density at radius 1 is 0.882 bits per heavy atom. The van der Waals surface area contributed by atoms with Gasteiger partial charge in [0.25, 0.3) is 0 Å². The Balaban J connectivity index is 2.39. The number of aliphatic hydroxyl groups excluding tert-OH is 1. The first-order valence-electron chi connectivity index (χ1n) is 5.77. The fourth-order valence-electron chi connectivity index (χ4n) is 1.87. The molecule has 0 aromatic heterocycles. The molecule has 2 rings (SSSR count). The molecule has 2 heteroatoms. The predicted molar refractivity (Wildman–Crippen MR) is 71.4 cm³/mol. The molecular weight excluding hydrogens is 210 g/mol. The number of rotatable bonds is 3. The second kappa shape index (κ2) is 5.02. The Hall–Kier alpha value is -1.80. The van der Waals surface area contributed by atoms with Gasteiger partial charge < -0.3 is 10.0 Å². The van der Waals surface area contributed by atoms with Crippen LogP contribution < -0.4 is 4.90 Å². The minimum atomic E-state index is -0.555. The van der Waals surface area contributed by atoms with E-state index in [0.29, 0.717) is 0 Å². The molecule has 1 N–H and O–H groups in total. The molecule has 2 nitrogen and oxygen atoms in total. The SMILES string of the molecule is Cc1ccc(N(c2ccccc2)C(C)O)cc1. The number of hydrogen-bond acceptors (Lipinski definition) is 2. The highest BCUT2D eigenvalue weighted by atomic mass is 16.3. The molecule has 0 spiro atoms. The molecule has 0 saturated heterocycles. The quantitative estimate of drug-likeness (QED) is 0.811. The van der Waals surface area contributed by atoms with Gasteiger partial charge in [0.2, 0.25) is 0 Å². The number of hydrogen-bond donors (Lipinski definition) is 1. The van der Waals surface area contributed by atoms with Gasteiger partial charge in [-0.05, 0) is 38.1 Å². The normalized spacial score (nSPS) is 12.2. The van der Waals surface area contributed by atoms with Crippen LogP contribution in [0.2, 0.25) is 0 Å². The number of aliphatic hydroxyl groups is 1. The highest BCUT2D eigenvalue weighted by molar-refractivity contribution is 5.63. The van der Waals surface area contributed by atoms with Crippen LogP contribution in [0.5, 0.6) is 0 Å². The van der Waals surface area contributed by atoms with E-state index in [0.717, 1.165) is 11.4 Å². The lowest BCUT2D eigenvalue weighted by Crippen LogP contribution is -2.27. The summed E-state index contributed by atoms with van der Waals surface area (Å²) in [6, 6.07) is 18.0. The first-order chi connectivity index (χ1) is 8.18. The zero-order valence-electron chi connectivity index (χ0n) is 10.2. The zero-order chi connectivity index (χ0) is 12.3. The van der Waals surface area contributed by atoms with Crippen LogP contribution in [-0.4, -0.2) is 11.3 Å². The van der Waals surface area contributed by atoms with Gasteiger partial charge in [0.1, 0.15) is 6.23 Å². The topological polar surface area (TPSA) is 23.5 Å². The van der Waals surface area contributed by atoms with E-state index in [2.05, 4.69) is 6.92 Å². The molecule has 88 valence electrons. The molecule has 0 amide bonds. The molecule has 0 heterocycles. The van der Waals surface area contributed by atoms with Crippen LogP contribution in [0.25, 0.3) is 0 Å². The third kappa shape index (κ3) is 2.66. The highest BCUT2D eigenvalue weighted by Crippen LogP contribution is 2.26. The van der Waals surface area contributed by atoms with Crippen molar-refractivity contribution >= 4 is 11.4 Å². The van der Waals surface area contributed by atoms with Gasteiger partial charge in [0.05, 0.1) is 0 Å². The lowest BCUT2D eigenvalue weighted by atomic mass is 10.2. The first-order valence-corrected chi connectivity index (χ1v) is 5.77. The van der Waals surface area contributed by atoms with Crippen LogP contribution in [0.15, 0.2) is 54.6 Å². The summed E-state index contributed by atoms with van der Waals surface area (Å²) in [5, 5.41) is 9.91. The molecule has 0 aliphatic heterocycles. The van der Waals surface area contributed by atoms with E-state index < -0.39 is 6.23 Å². The summed E-state index contributed by atoms with van der Waals surface area (Å²) in [5.74, 6) is 0. The van der Waals surface area contributed by atoms with Crippen LogP contribution in [0, 0.1) is 6.92 Å². The third-order valence-electron chi connectivity index (χ3n) is 2.72. The van der Waals surface area contributed by atoms with E-state index >= 15 is 0 Å². The molecule has 0 aliphatic carbocycles. The lowest BCUT2D eigenvalue weighted by molar-refractivity contribution is 0.201. The fourth-order valence-corrected chi connectivity index (χ4v) is 1.87. The van der Waals surface area contributed by atoms with Gasteiger partial charge in [-0.25, -0.2) is 0 Å². The average Bonchev–Trinajstić information content (AvgIpc) is 2.33. The predicted octanol–water partition coefficient (Wildman–Crippen LogP) is 3.47. The minimum Gasteiger partial charge on any atom is -0.374 e. The van der Waals surface area contributed by atoms with E-state index in [1.165, 1.54) is 5.56 Å². The van der Waals surface area contributed by atoms with Crippen molar-refractivity contribution in [1.29, 1.82) is 0 Å². The van der Waals surface area contributed by atoms with Crippen molar-refractivity contribution in [1.82, 2.24) is 0 Å². The van der Waals surface area contributed by atoms with E-state index in [9.17, 15) is 5.11 Å². The molecular formula is C15H17NO. The standard InChI is InChI=1S/C15H17NO/c1-12-8-10-15(11-9-12)16(13(2)17)14-6-4-3-5-7-14/h3-11,13,17H,1-2H3. The lowest BCUT2D eigenvalue weighted by Gasteiger charge is -2.28. The van der Waals surface area contributed by atoms with E-state index in [1.54, 1.807) is 6.92 Å². The van der Waals surface area contributed by atoms with E-state index in [4.69, 9.17) is 0 Å². The summed E-state index contributed by atoms with van der Waals surface area (Å²) in [6.45, 7) is 3.83. The minimum absolute atomic E-state index is 0.555. The Labute approximate surface area is 102 Å². The van der Waals surface area contributed by atoms with Crippen LogP contribution in [0.4, 0.5) is 11.4 Å². The average molecular weight is 227 g/mol. The van der Waals surface area contributed by atoms with Crippen LogP contribution in [-0.2, 0) is 0 Å². The molecule has 0 bridgehead atoms. The fraction of sp³-hybridized carbons (Fsp3) is 0.200. The second-order valence-electron chi connectivity index (χ2n) is 4.17. The van der Waals surface area contributed by atoms with Crippen LogP contribution >= 0.6 is 0 Å². The molecule has 0 saturated carbocycles. The number of anilines is 2. The number of nitrogens with zero attached hydrogens (tertiary/aromatic N) is 1. The summed E-state index contributed by atoms with van der Waals surface area (Å²) >= 11 is 0. The van der Waals surface area contributed by atoms with Gasteiger partial charge >= 0.3 is 0 Å². The molecule has 0 radical (unpaired) electrons. The first kappa shape index (κ1) is 11.7. The molecule has 1 atom stereocenters. The molecule has 2 aromatic rings. The zero-order valence-corrected chi connectivity index (χ0v) is 10.2. The van der Waals surface area contributed by atoms with Crippen LogP contribution in [0.3, 0.4) is 0 Å². The van der Waals surface area contributed by atoms with Crippen molar-refractivity contribution in [3.8, 4) is 0 Å². The van der Waals surface area contributed by atoms with Crippen molar-refractivity contribution in [3.63, 3.8) is 0 Å². The van der Waals surface area contributed by atoms with Gasteiger partial charge in [-0.15, -0.1) is 0 Å². The van der Waals surface area contributed by atoms with Gasteiger partial charge in [-0.1, -0.05) is 35.9 Å². The Kier molecular flexibility index (Phi) is 3.45. The molecule has 0 aliphatic rings. The molecule has 2 aromatic carbocycles. The van der Waals surface area contributed by atoms with Gasteiger partial charge in [-0.3, -0.25) is 0 Å². The van der Waals surface area contributed by atoms with Gasteiger partial charge in [0.15, 0.2) is 0 Å². The van der Waals surface area contributed by atoms with Crippen molar-refractivity contribution in [2.75, 3.05) is 4.90 Å². The maximum Gasteiger partial charge on any atom is 0.128 e. The van der Waals surface area contributed by atoms with Gasteiger partial charge in [-0.2, -0.15) is 0 Å². The van der Waals surface area contributed by atoms with Crippen LogP contribution in [0.1, 0.15) is 12.5 Å². The van der Waals surface area contributed by atoms with Crippen molar-refractivity contribution in [3.05, 3.63) is 60.2 Å². The highest BCUT2D eigenvalue weighted by Gasteiger charge is 2.13. The summed E-state index contributed by atoms with van der Waals surface area (Å²) in [7, 11) is 0. The molecule has 0 fully saturated rings. The maximum atomic E-state index is 9.91.